The Morgan fingerprint density at radius 1 is 1.00 bits per heavy atom. The third kappa shape index (κ3) is 8.74. The summed E-state index contributed by atoms with van der Waals surface area (Å²) in [5.74, 6) is -0.916. The largest absolute Gasteiger partial charge is 0.466 e. The Balaban J connectivity index is 4.03. The second-order valence-corrected chi connectivity index (χ2v) is 3.77. The van der Waals surface area contributed by atoms with Gasteiger partial charge in [0.25, 0.3) is 0 Å². The smallest absolute Gasteiger partial charge is 0.331 e. The molecule has 4 nitrogen and oxygen atoms in total. The molecule has 0 aromatic rings. The van der Waals surface area contributed by atoms with E-state index in [0.717, 1.165) is 0 Å². The lowest BCUT2D eigenvalue weighted by atomic mass is 10.2. The number of ether oxygens (including phenoxy) is 2. The molecule has 0 atom stereocenters. The molecule has 0 aliphatic carbocycles. The van der Waals surface area contributed by atoms with Crippen molar-refractivity contribution in [1.82, 2.24) is 0 Å². The van der Waals surface area contributed by atoms with Crippen molar-refractivity contribution in [2.24, 2.45) is 0 Å². The topological polar surface area (TPSA) is 52.6 Å². The summed E-state index contributed by atoms with van der Waals surface area (Å²) in [5.41, 5.74) is -0.506. The molecule has 0 aliphatic heterocycles. The van der Waals surface area contributed by atoms with Crippen LogP contribution in [0.4, 0.5) is 0 Å². The molecule has 0 rings (SSSR count). The Hall–Kier alpha value is -1.58. The van der Waals surface area contributed by atoms with Crippen molar-refractivity contribution in [3.05, 3.63) is 24.3 Å². The molecule has 0 aromatic carbocycles. The zero-order chi connectivity index (χ0) is 11.9. The van der Waals surface area contributed by atoms with E-state index in [2.05, 4.69) is 4.74 Å². The molecule has 0 saturated heterocycles. The fourth-order valence-electron chi connectivity index (χ4n) is 0.672. The minimum Gasteiger partial charge on any atom is -0.466 e. The van der Waals surface area contributed by atoms with Crippen LogP contribution in [-0.2, 0) is 19.1 Å². The second kappa shape index (κ2) is 6.01. The molecule has 84 valence electrons. The maximum absolute atomic E-state index is 11.1. The second-order valence-electron chi connectivity index (χ2n) is 3.77. The van der Waals surface area contributed by atoms with Gasteiger partial charge in [0.2, 0.25) is 0 Å². The van der Waals surface area contributed by atoms with Gasteiger partial charge in [0, 0.05) is 12.2 Å². The first-order valence-electron chi connectivity index (χ1n) is 4.51. The van der Waals surface area contributed by atoms with Gasteiger partial charge in [-0.1, -0.05) is 12.2 Å². The molecule has 4 heteroatoms. The highest BCUT2D eigenvalue weighted by atomic mass is 16.6. The summed E-state index contributed by atoms with van der Waals surface area (Å²) in [6.07, 6.45) is 5.28. The quantitative estimate of drug-likeness (QED) is 0.405. The molecule has 0 fully saturated rings. The highest BCUT2D eigenvalue weighted by Crippen LogP contribution is 2.06. The molecule has 0 spiro atoms. The molecule has 0 aliphatic rings. The molecule has 0 N–H and O–H groups in total. The van der Waals surface area contributed by atoms with Gasteiger partial charge < -0.3 is 9.47 Å². The third-order valence-electron chi connectivity index (χ3n) is 1.18. The van der Waals surface area contributed by atoms with E-state index in [1.54, 1.807) is 20.8 Å². The molecule has 0 radical (unpaired) electrons. The van der Waals surface area contributed by atoms with Crippen molar-refractivity contribution in [2.45, 2.75) is 26.4 Å². The van der Waals surface area contributed by atoms with Gasteiger partial charge >= 0.3 is 11.9 Å². The van der Waals surface area contributed by atoms with Crippen molar-refractivity contribution < 1.29 is 19.1 Å². The van der Waals surface area contributed by atoms with E-state index in [9.17, 15) is 9.59 Å². The molecular formula is C11H16O4. The normalized spacial score (nSPS) is 12.0. The van der Waals surface area contributed by atoms with Crippen LogP contribution >= 0.6 is 0 Å². The van der Waals surface area contributed by atoms with Gasteiger partial charge in [-0.2, -0.15) is 0 Å². The van der Waals surface area contributed by atoms with Crippen LogP contribution in [0.15, 0.2) is 24.3 Å². The van der Waals surface area contributed by atoms with Crippen LogP contribution in [0.25, 0.3) is 0 Å². The van der Waals surface area contributed by atoms with E-state index < -0.39 is 17.5 Å². The standard InChI is InChI=1S/C11H16O4/c1-11(2,3)15-10(13)8-6-5-7-9(12)14-4/h5-8H,1-4H3. The summed E-state index contributed by atoms with van der Waals surface area (Å²) in [6, 6.07) is 0. The number of methoxy groups -OCH3 is 1. The average Bonchev–Trinajstić information content (AvgIpc) is 2.09. The lowest BCUT2D eigenvalue weighted by Crippen LogP contribution is -2.22. The molecule has 0 amide bonds. The minimum absolute atomic E-state index is 0.447. The van der Waals surface area contributed by atoms with E-state index in [-0.39, 0.29) is 0 Å². The van der Waals surface area contributed by atoms with E-state index in [1.807, 2.05) is 0 Å². The lowest BCUT2D eigenvalue weighted by Gasteiger charge is -2.17. The number of allylic oxidation sites excluding steroid dienone is 2. The Labute approximate surface area is 89.6 Å². The summed E-state index contributed by atoms with van der Waals surface area (Å²) >= 11 is 0. The fourth-order valence-corrected chi connectivity index (χ4v) is 0.672. The van der Waals surface area contributed by atoms with Crippen molar-refractivity contribution in [3.8, 4) is 0 Å². The third-order valence-corrected chi connectivity index (χ3v) is 1.18. The molecule has 0 unspecified atom stereocenters. The average molecular weight is 212 g/mol. The van der Waals surface area contributed by atoms with E-state index in [4.69, 9.17) is 4.74 Å². The SMILES string of the molecule is COC(=O)C=CC=CC(=O)OC(C)(C)C. The van der Waals surface area contributed by atoms with Crippen LogP contribution in [0.1, 0.15) is 20.8 Å². The molecule has 0 aromatic heterocycles. The molecule has 0 heterocycles. The van der Waals surface area contributed by atoms with Crippen LogP contribution in [0.3, 0.4) is 0 Å². The monoisotopic (exact) mass is 212 g/mol. The number of carbonyl (C=O) groups excluding carboxylic acids is 2. The molecular weight excluding hydrogens is 196 g/mol. The van der Waals surface area contributed by atoms with Crippen LogP contribution < -0.4 is 0 Å². The predicted octanol–water partition coefficient (Wildman–Crippen LogP) is 1.61. The number of esters is 2. The van der Waals surface area contributed by atoms with Crippen molar-refractivity contribution in [2.75, 3.05) is 7.11 Å². The van der Waals surface area contributed by atoms with E-state index >= 15 is 0 Å². The zero-order valence-corrected chi connectivity index (χ0v) is 9.44. The van der Waals surface area contributed by atoms with Crippen molar-refractivity contribution in [1.29, 1.82) is 0 Å². The van der Waals surface area contributed by atoms with Gasteiger partial charge in [0.05, 0.1) is 7.11 Å². The van der Waals surface area contributed by atoms with Gasteiger partial charge in [-0.25, -0.2) is 9.59 Å². The Morgan fingerprint density at radius 3 is 1.87 bits per heavy atom. The Kier molecular flexibility index (Phi) is 5.37. The number of rotatable bonds is 3. The first-order chi connectivity index (χ1) is 6.85. The van der Waals surface area contributed by atoms with Gasteiger partial charge in [0.1, 0.15) is 5.60 Å². The molecule has 0 saturated carbocycles. The van der Waals surface area contributed by atoms with Crippen LogP contribution in [-0.4, -0.2) is 24.6 Å². The number of hydrogen-bond acceptors (Lipinski definition) is 4. The molecule has 15 heavy (non-hydrogen) atoms. The molecule has 0 bridgehead atoms. The zero-order valence-electron chi connectivity index (χ0n) is 9.44. The van der Waals surface area contributed by atoms with Crippen LogP contribution in [0, 0.1) is 0 Å². The lowest BCUT2D eigenvalue weighted by molar-refractivity contribution is -0.148. The van der Waals surface area contributed by atoms with Crippen LogP contribution in [0.5, 0.6) is 0 Å². The number of carbonyl (C=O) groups is 2. The van der Waals surface area contributed by atoms with Crippen molar-refractivity contribution in [3.63, 3.8) is 0 Å². The summed E-state index contributed by atoms with van der Waals surface area (Å²) in [4.78, 5) is 21.7. The fraction of sp³-hybridized carbons (Fsp3) is 0.455. The minimum atomic E-state index is -0.506. The Bertz CT molecular complexity index is 281. The van der Waals surface area contributed by atoms with Gasteiger partial charge in [0.15, 0.2) is 0 Å². The van der Waals surface area contributed by atoms with E-state index in [0.29, 0.717) is 0 Å². The maximum Gasteiger partial charge on any atom is 0.331 e. The summed E-state index contributed by atoms with van der Waals surface area (Å²) in [6.45, 7) is 5.34. The van der Waals surface area contributed by atoms with Crippen molar-refractivity contribution >= 4 is 11.9 Å². The predicted molar refractivity (Wildman–Crippen MR) is 56.1 cm³/mol. The summed E-state index contributed by atoms with van der Waals surface area (Å²) in [7, 11) is 1.28. The van der Waals surface area contributed by atoms with E-state index in [1.165, 1.54) is 31.4 Å². The number of hydrogen-bond donors (Lipinski definition) is 0. The van der Waals surface area contributed by atoms with Crippen LogP contribution in [0.2, 0.25) is 0 Å². The highest BCUT2D eigenvalue weighted by Gasteiger charge is 2.13. The first kappa shape index (κ1) is 13.4. The van der Waals surface area contributed by atoms with Gasteiger partial charge in [-0.3, -0.25) is 0 Å². The summed E-state index contributed by atoms with van der Waals surface area (Å²) < 4.78 is 9.36. The first-order valence-corrected chi connectivity index (χ1v) is 4.51. The highest BCUT2D eigenvalue weighted by molar-refractivity contribution is 5.84. The Morgan fingerprint density at radius 2 is 1.47 bits per heavy atom. The van der Waals surface area contributed by atoms with Gasteiger partial charge in [-0.15, -0.1) is 0 Å². The maximum atomic E-state index is 11.1. The van der Waals surface area contributed by atoms with Gasteiger partial charge in [-0.05, 0) is 20.8 Å². The summed E-state index contributed by atoms with van der Waals surface area (Å²) in [5, 5.41) is 0.